The van der Waals surface area contributed by atoms with Gasteiger partial charge in [-0.15, -0.1) is 20.4 Å². The van der Waals surface area contributed by atoms with Crippen LogP contribution < -0.4 is 0 Å². The van der Waals surface area contributed by atoms with Crippen LogP contribution in [0.15, 0.2) is 98.1 Å². The Balaban J connectivity index is 0.000000206. The SMILES string of the molecule is Cc1cnc([C@@H](C)[C@H](C)S(=O)(=O)Cc2nnc(-c3cncc(C)c3)n2-c2c(F)cccc2F)nc1.Cc1cnc([C@H](C)[C@@H](C)S(=O)(=O)Cc2nnc(-c3cncc(C)c3)n2-c2c(F)cccc2F)nc1. The second-order valence-corrected chi connectivity index (χ2v) is 21.7. The minimum atomic E-state index is -3.87. The second-order valence-electron chi connectivity index (χ2n) is 17.0. The lowest BCUT2D eigenvalue weighted by Gasteiger charge is -2.19. The molecule has 0 aliphatic heterocycles. The Labute approximate surface area is 402 Å². The fraction of sp³-hybridized carbons (Fsp3) is 0.292. The number of aryl methyl sites for hydroxylation is 4. The van der Waals surface area contributed by atoms with Crippen LogP contribution >= 0.6 is 0 Å². The summed E-state index contributed by atoms with van der Waals surface area (Å²) in [6.45, 7) is 13.8. The third-order valence-corrected chi connectivity index (χ3v) is 16.1. The summed E-state index contributed by atoms with van der Waals surface area (Å²) in [6.07, 6.45) is 12.7. The van der Waals surface area contributed by atoms with Gasteiger partial charge < -0.3 is 0 Å². The van der Waals surface area contributed by atoms with Crippen LogP contribution in [-0.2, 0) is 31.2 Å². The minimum absolute atomic E-state index is 0.0815. The number of para-hydroxylation sites is 2. The Morgan fingerprint density at radius 3 is 1.11 bits per heavy atom. The highest BCUT2D eigenvalue weighted by Gasteiger charge is 2.35. The van der Waals surface area contributed by atoms with Gasteiger partial charge in [0.25, 0.3) is 0 Å². The van der Waals surface area contributed by atoms with Crippen LogP contribution in [0.5, 0.6) is 0 Å². The van der Waals surface area contributed by atoms with Crippen molar-refractivity contribution >= 4 is 19.7 Å². The van der Waals surface area contributed by atoms with E-state index in [0.717, 1.165) is 55.7 Å². The van der Waals surface area contributed by atoms with Crippen LogP contribution in [0.3, 0.4) is 0 Å². The maximum absolute atomic E-state index is 14.8. The van der Waals surface area contributed by atoms with E-state index in [1.807, 2.05) is 27.7 Å². The zero-order chi connectivity index (χ0) is 50.7. The van der Waals surface area contributed by atoms with E-state index >= 15 is 0 Å². The van der Waals surface area contributed by atoms with Gasteiger partial charge in [-0.3, -0.25) is 19.1 Å². The van der Waals surface area contributed by atoms with Crippen LogP contribution in [0, 0.1) is 51.0 Å². The normalized spacial score (nSPS) is 13.5. The van der Waals surface area contributed by atoms with Gasteiger partial charge in [-0.1, -0.05) is 26.0 Å². The molecule has 0 spiro atoms. The number of sulfone groups is 2. The molecule has 70 heavy (non-hydrogen) atoms. The summed E-state index contributed by atoms with van der Waals surface area (Å²) in [7, 11) is -7.74. The summed E-state index contributed by atoms with van der Waals surface area (Å²) in [5.41, 5.74) is 3.27. The first-order chi connectivity index (χ1) is 33.2. The molecule has 0 aliphatic carbocycles. The molecule has 22 heteroatoms. The number of benzene rings is 2. The van der Waals surface area contributed by atoms with E-state index in [1.54, 1.807) is 77.0 Å². The van der Waals surface area contributed by atoms with Gasteiger partial charge in [0, 0.05) is 72.5 Å². The molecule has 16 nitrogen and oxygen atoms in total. The molecule has 0 fully saturated rings. The summed E-state index contributed by atoms with van der Waals surface area (Å²) in [5, 5.41) is 14.5. The van der Waals surface area contributed by atoms with Crippen LogP contribution in [0.25, 0.3) is 34.2 Å². The molecule has 8 rings (SSSR count). The molecule has 0 saturated carbocycles. The average Bonchev–Trinajstić information content (AvgIpc) is 3.91. The van der Waals surface area contributed by atoms with E-state index in [2.05, 4.69) is 50.3 Å². The highest BCUT2D eigenvalue weighted by atomic mass is 32.2. The Kier molecular flexibility index (Phi) is 15.1. The van der Waals surface area contributed by atoms with Crippen LogP contribution in [-0.4, -0.2) is 86.8 Å². The van der Waals surface area contributed by atoms with Crippen LogP contribution in [0.4, 0.5) is 17.6 Å². The van der Waals surface area contributed by atoms with Crippen molar-refractivity contribution in [3.8, 4) is 34.2 Å². The largest absolute Gasteiger partial charge is 0.272 e. The van der Waals surface area contributed by atoms with Gasteiger partial charge in [0.05, 0.1) is 10.5 Å². The molecular weight excluding hydrogens is 949 g/mol. The number of pyridine rings is 2. The van der Waals surface area contributed by atoms with Crippen LogP contribution in [0.2, 0.25) is 0 Å². The molecule has 0 amide bonds. The lowest BCUT2D eigenvalue weighted by molar-refractivity contribution is 0.555. The number of halogens is 4. The third-order valence-electron chi connectivity index (χ3n) is 11.7. The topological polar surface area (TPSA) is 207 Å². The van der Waals surface area contributed by atoms with Crippen molar-refractivity contribution in [3.05, 3.63) is 167 Å². The molecule has 0 saturated heterocycles. The Morgan fingerprint density at radius 2 is 0.800 bits per heavy atom. The number of rotatable bonds is 14. The molecule has 2 aromatic carbocycles. The van der Waals surface area contributed by atoms with E-state index in [9.17, 15) is 34.4 Å². The lowest BCUT2D eigenvalue weighted by Crippen LogP contribution is -2.27. The van der Waals surface area contributed by atoms with Crippen molar-refractivity contribution < 1.29 is 34.4 Å². The minimum Gasteiger partial charge on any atom is -0.272 e. The second kappa shape index (κ2) is 20.8. The molecule has 8 aromatic rings. The first-order valence-electron chi connectivity index (χ1n) is 21.8. The molecule has 0 bridgehead atoms. The van der Waals surface area contributed by atoms with Gasteiger partial charge in [0.15, 0.2) is 43.0 Å². The van der Waals surface area contributed by atoms with E-state index in [0.29, 0.717) is 22.8 Å². The number of nitrogens with zero attached hydrogens (tertiary/aromatic N) is 12. The highest BCUT2D eigenvalue weighted by molar-refractivity contribution is 7.91. The zero-order valence-corrected chi connectivity index (χ0v) is 40.9. The Bertz CT molecular complexity index is 3130. The first kappa shape index (κ1) is 50.7. The molecule has 6 heterocycles. The summed E-state index contributed by atoms with van der Waals surface area (Å²) in [6, 6.07) is 10.3. The van der Waals surface area contributed by atoms with Crippen LogP contribution in [0.1, 0.15) is 85.1 Å². The van der Waals surface area contributed by atoms with Gasteiger partial charge in [0.1, 0.15) is 57.8 Å². The van der Waals surface area contributed by atoms with Crippen molar-refractivity contribution in [1.82, 2.24) is 59.4 Å². The zero-order valence-electron chi connectivity index (χ0n) is 39.3. The van der Waals surface area contributed by atoms with E-state index in [1.165, 1.54) is 24.5 Å². The summed E-state index contributed by atoms with van der Waals surface area (Å²) >= 11 is 0. The molecule has 6 aromatic heterocycles. The van der Waals surface area contributed by atoms with Gasteiger partial charge in [-0.2, -0.15) is 0 Å². The van der Waals surface area contributed by atoms with Crippen molar-refractivity contribution in [3.63, 3.8) is 0 Å². The number of hydrogen-bond acceptors (Lipinski definition) is 14. The standard InChI is InChI=1S/2C24H24F2N6O2S/c2*1-14-8-18(12-27-9-14)24-31-30-21(32(24)22-19(25)6-5-7-20(22)26)13-35(33,34)17(4)16(3)23-28-10-15(2)11-29-23/h2*5-12,16-17H,13H2,1-4H3/t2*16-,17-/m10/s1. The highest BCUT2D eigenvalue weighted by Crippen LogP contribution is 2.32. The average molecular weight is 997 g/mol. The van der Waals surface area contributed by atoms with Crippen molar-refractivity contribution in [2.75, 3.05) is 0 Å². The van der Waals surface area contributed by atoms with Gasteiger partial charge in [0.2, 0.25) is 0 Å². The van der Waals surface area contributed by atoms with Gasteiger partial charge in [-0.05, 0) is 100 Å². The molecule has 0 radical (unpaired) electrons. The van der Waals surface area contributed by atoms with Crippen molar-refractivity contribution in [1.29, 1.82) is 0 Å². The molecular formula is C48H48F4N12O4S2. The molecule has 0 N–H and O–H groups in total. The summed E-state index contributed by atoms with van der Waals surface area (Å²) < 4.78 is 115. The quantitative estimate of drug-likeness (QED) is 0.0941. The van der Waals surface area contributed by atoms with E-state index < -0.39 is 88.2 Å². The van der Waals surface area contributed by atoms with Crippen molar-refractivity contribution in [2.24, 2.45) is 0 Å². The monoisotopic (exact) mass is 996 g/mol. The van der Waals surface area contributed by atoms with E-state index in [4.69, 9.17) is 0 Å². The Hall–Kier alpha value is -7.20. The fourth-order valence-corrected chi connectivity index (χ4v) is 10.5. The Morgan fingerprint density at radius 1 is 0.471 bits per heavy atom. The maximum atomic E-state index is 14.8. The number of aromatic nitrogens is 12. The predicted molar refractivity (Wildman–Crippen MR) is 253 cm³/mol. The lowest BCUT2D eigenvalue weighted by atomic mass is 10.1. The predicted octanol–water partition coefficient (Wildman–Crippen LogP) is 8.24. The molecule has 4 atom stereocenters. The smallest absolute Gasteiger partial charge is 0.170 e. The molecule has 0 unspecified atom stereocenters. The summed E-state index contributed by atoms with van der Waals surface area (Å²) in [4.78, 5) is 25.2. The van der Waals surface area contributed by atoms with Gasteiger partial charge >= 0.3 is 0 Å². The van der Waals surface area contributed by atoms with Gasteiger partial charge in [-0.25, -0.2) is 54.3 Å². The van der Waals surface area contributed by atoms with Crippen molar-refractivity contribution in [2.45, 2.75) is 89.2 Å². The molecule has 364 valence electrons. The summed E-state index contributed by atoms with van der Waals surface area (Å²) in [5.74, 6) is -5.03. The van der Waals surface area contributed by atoms with E-state index in [-0.39, 0.29) is 23.3 Å². The first-order valence-corrected chi connectivity index (χ1v) is 25.2. The maximum Gasteiger partial charge on any atom is 0.170 e. The number of hydrogen-bond donors (Lipinski definition) is 0. The third kappa shape index (κ3) is 11.0. The molecule has 0 aliphatic rings. The fourth-order valence-electron chi connectivity index (χ4n) is 7.36.